The molecule has 0 amide bonds. The Morgan fingerprint density at radius 1 is 0.650 bits per heavy atom. The van der Waals surface area contributed by atoms with E-state index in [0.29, 0.717) is 11.4 Å². The fraction of sp³-hybridized carbons (Fsp3) is 0.0270. The zero-order valence-corrected chi connectivity index (χ0v) is 21.5. The summed E-state index contributed by atoms with van der Waals surface area (Å²) >= 11 is 4.03. The van der Waals surface area contributed by atoms with Crippen LogP contribution in [0.4, 0.5) is 0 Å². The van der Waals surface area contributed by atoms with Gasteiger partial charge in [-0.2, -0.15) is 0 Å². The number of hydrogen-bond acceptors (Lipinski definition) is 3. The first-order chi connectivity index (χ1) is 19.9. The van der Waals surface area contributed by atoms with Crippen LogP contribution in [-0.4, -0.2) is 6.54 Å². The lowest BCUT2D eigenvalue weighted by Gasteiger charge is -2.04. The van der Waals surface area contributed by atoms with Gasteiger partial charge in [-0.1, -0.05) is 36.9 Å². The smallest absolute Gasteiger partial charge is 0.0995 e. The summed E-state index contributed by atoms with van der Waals surface area (Å²) in [6, 6.07) is 0. The highest BCUT2D eigenvalue weighted by Crippen LogP contribution is 1.94. The maximum absolute atomic E-state index is 4.03. The predicted octanol–water partition coefficient (Wildman–Crippen LogP) is 5.63. The van der Waals surface area contributed by atoms with E-state index in [4.69, 9.17) is 0 Å². The molecule has 0 bridgehead atoms. The lowest BCUT2D eigenvalue weighted by Crippen LogP contribution is -2.18. The third-order valence-corrected chi connectivity index (χ3v) is 3.17. The summed E-state index contributed by atoms with van der Waals surface area (Å²) < 4.78 is 2.71. The van der Waals surface area contributed by atoms with E-state index in [1.807, 2.05) is 0 Å². The average Bonchev–Trinajstić information content (AvgIpc) is 2.96. The van der Waals surface area contributed by atoms with E-state index in [9.17, 15) is 0 Å². The van der Waals surface area contributed by atoms with Crippen molar-refractivity contribution >= 4 is 12.8 Å². The molecule has 0 heterocycles. The van der Waals surface area contributed by atoms with Gasteiger partial charge in [-0.15, -0.1) is 0 Å². The lowest BCUT2D eigenvalue weighted by molar-refractivity contribution is 0.914. The molecule has 2 N–H and O–H groups in total. The maximum atomic E-state index is 4.03. The average molecular weight is 515 g/mol. The molecule has 1 aliphatic carbocycles. The third-order valence-electron chi connectivity index (χ3n) is 3.01. The number of thiol groups is 1. The highest BCUT2D eigenvalue weighted by atomic mass is 32.1. The Bertz CT molecular complexity index is 2320. The molecular formula is C37H10N2S. The molecule has 0 unspecified atom stereocenters. The van der Waals surface area contributed by atoms with Crippen molar-refractivity contribution in [3.8, 4) is 0 Å². The molecule has 2 nitrogen and oxygen atoms in total. The van der Waals surface area contributed by atoms with Gasteiger partial charge in [0.25, 0.3) is 0 Å². The fourth-order valence-corrected chi connectivity index (χ4v) is 1.80. The second-order valence-electron chi connectivity index (χ2n) is 5.69. The summed E-state index contributed by atoms with van der Waals surface area (Å²) in [5.74, 6) is 0. The summed E-state index contributed by atoms with van der Waals surface area (Å²) in [6.07, 6.45) is 4.67. The second-order valence-corrected chi connectivity index (χ2v) is 6.00. The van der Waals surface area contributed by atoms with E-state index in [1.54, 1.807) is 12.2 Å². The molecule has 0 fully saturated rings. The van der Waals surface area contributed by atoms with Crippen LogP contribution in [0.1, 0.15) is 0 Å². The first-order valence-electron chi connectivity index (χ1n) is 10.5. The van der Waals surface area contributed by atoms with Gasteiger partial charge in [-0.05, 0) is 167 Å². The van der Waals surface area contributed by atoms with Crippen molar-refractivity contribution in [3.63, 3.8) is 0 Å². The molecule has 1 rings (SSSR count). The Hall–Kier alpha value is -7.27. The molecular weight excluding hydrogens is 504 g/mol. The van der Waals surface area contributed by atoms with Crippen molar-refractivity contribution in [1.29, 1.82) is 0 Å². The Labute approximate surface area is 237 Å². The Morgan fingerprint density at radius 3 is 1.60 bits per heavy atom. The molecule has 0 radical (unpaired) electrons. The SMILES string of the molecule is C=CC=C=C=C=C=C=C=C=C=C=C=C=C=C=C=C(CNS)NC1=C=C=C=C=C=C=C=C=C=C=C=C=C=C=C=C=C1. The zero-order chi connectivity index (χ0) is 28.6. The van der Waals surface area contributed by atoms with Crippen LogP contribution in [0.15, 0.2) is 208 Å². The van der Waals surface area contributed by atoms with Crippen LogP contribution >= 0.6 is 12.8 Å². The second kappa shape index (κ2) is 24.8. The molecule has 0 spiro atoms. The van der Waals surface area contributed by atoms with E-state index in [2.05, 4.69) is 201 Å². The van der Waals surface area contributed by atoms with Gasteiger partial charge in [0, 0.05) is 6.08 Å². The van der Waals surface area contributed by atoms with Crippen LogP contribution in [0, 0.1) is 0 Å². The molecule has 0 aromatic rings. The number of allylic oxidation sites excluding steroid dienone is 3. The minimum absolute atomic E-state index is 0.285. The minimum atomic E-state index is 0.285. The molecule has 1 aliphatic rings. The van der Waals surface area contributed by atoms with Crippen LogP contribution in [0.3, 0.4) is 0 Å². The molecule has 3 heteroatoms. The number of nitrogens with one attached hydrogen (secondary N) is 2. The summed E-state index contributed by atoms with van der Waals surface area (Å²) in [5, 5.41) is 3.06. The molecule has 174 valence electrons. The van der Waals surface area contributed by atoms with Gasteiger partial charge < -0.3 is 5.32 Å². The molecule has 40 heavy (non-hydrogen) atoms. The summed E-state index contributed by atoms with van der Waals surface area (Å²) in [6.45, 7) is 3.79. The van der Waals surface area contributed by atoms with Crippen LogP contribution in [0.2, 0.25) is 0 Å². The lowest BCUT2D eigenvalue weighted by atomic mass is 10.3. The number of rotatable bonds is 5. The monoisotopic (exact) mass is 514 g/mol. The Morgan fingerprint density at radius 2 is 1.10 bits per heavy atom. The highest BCUT2D eigenvalue weighted by molar-refractivity contribution is 7.78. The Balaban J connectivity index is 3.68. The minimum Gasteiger partial charge on any atom is -0.343 e. The summed E-state index contributed by atoms with van der Waals surface area (Å²) in [5.41, 5.74) is 78.8. The molecule has 0 aromatic heterocycles. The molecule has 0 saturated heterocycles. The van der Waals surface area contributed by atoms with Gasteiger partial charge >= 0.3 is 0 Å². The summed E-state index contributed by atoms with van der Waals surface area (Å²) in [4.78, 5) is 0. The van der Waals surface area contributed by atoms with Crippen molar-refractivity contribution in [2.45, 2.75) is 0 Å². The van der Waals surface area contributed by atoms with E-state index < -0.39 is 0 Å². The van der Waals surface area contributed by atoms with Crippen molar-refractivity contribution in [2.24, 2.45) is 0 Å². The van der Waals surface area contributed by atoms with Gasteiger partial charge in [-0.3, -0.25) is 4.72 Å². The van der Waals surface area contributed by atoms with Gasteiger partial charge in [0.15, 0.2) is 0 Å². The summed E-state index contributed by atoms with van der Waals surface area (Å²) in [7, 11) is 0. The highest BCUT2D eigenvalue weighted by Gasteiger charge is 1.96. The maximum Gasteiger partial charge on any atom is 0.0995 e. The van der Waals surface area contributed by atoms with Crippen molar-refractivity contribution in [3.05, 3.63) is 208 Å². The van der Waals surface area contributed by atoms with E-state index in [1.165, 1.54) is 6.08 Å². The van der Waals surface area contributed by atoms with Gasteiger partial charge in [0.1, 0.15) is 0 Å². The van der Waals surface area contributed by atoms with E-state index >= 15 is 0 Å². The molecule has 0 saturated carbocycles. The van der Waals surface area contributed by atoms with Gasteiger partial charge in [-0.25, -0.2) is 0 Å². The Kier molecular flexibility index (Phi) is 19.1. The van der Waals surface area contributed by atoms with Crippen molar-refractivity contribution in [2.75, 3.05) is 6.54 Å². The first kappa shape index (κ1) is 30.8. The van der Waals surface area contributed by atoms with Crippen molar-refractivity contribution in [1.82, 2.24) is 10.0 Å². The van der Waals surface area contributed by atoms with Gasteiger partial charge in [0.05, 0.1) is 17.9 Å². The van der Waals surface area contributed by atoms with E-state index in [0.717, 1.165) is 0 Å². The van der Waals surface area contributed by atoms with Crippen LogP contribution < -0.4 is 10.0 Å². The fourth-order valence-electron chi connectivity index (χ4n) is 1.64. The first-order valence-corrected chi connectivity index (χ1v) is 11.0. The topological polar surface area (TPSA) is 24.1 Å². The van der Waals surface area contributed by atoms with Crippen LogP contribution in [0.5, 0.6) is 0 Å². The quantitative estimate of drug-likeness (QED) is 0.252. The molecule has 0 aliphatic heterocycles. The predicted molar refractivity (Wildman–Crippen MR) is 152 cm³/mol. The van der Waals surface area contributed by atoms with E-state index in [-0.39, 0.29) is 6.54 Å². The zero-order valence-electron chi connectivity index (χ0n) is 20.6. The molecule has 0 aromatic carbocycles. The van der Waals surface area contributed by atoms with Crippen LogP contribution in [-0.2, 0) is 0 Å². The third kappa shape index (κ3) is 20.1. The standard InChI is InChI=1S/C37H10N2S/c1-2-3-4-5-6-7-8-9-11-16-19-22-25-28-31-34-37(35-38-40)39-36-32-29-26-23-20-17-14-12-10-13-15-18-21-24-27-30-33-36/h2-3,32,38-40H,1,35H2. The number of hydrogen-bond donors (Lipinski definition) is 3. The molecule has 0 atom stereocenters. The van der Waals surface area contributed by atoms with Crippen LogP contribution in [0.25, 0.3) is 0 Å². The normalized spacial score (nSPS) is 7.67. The largest absolute Gasteiger partial charge is 0.343 e. The van der Waals surface area contributed by atoms with Crippen molar-refractivity contribution < 1.29 is 0 Å². The van der Waals surface area contributed by atoms with Gasteiger partial charge in [0.2, 0.25) is 0 Å².